The van der Waals surface area contributed by atoms with Crippen LogP contribution in [-0.2, 0) is 14.3 Å². The summed E-state index contributed by atoms with van der Waals surface area (Å²) in [6.07, 6.45) is -0.724. The number of benzene rings is 1. The van der Waals surface area contributed by atoms with Crippen LogP contribution >= 0.6 is 11.6 Å². The Labute approximate surface area is 134 Å². The lowest BCUT2D eigenvalue weighted by Gasteiger charge is -2.22. The molecule has 122 valence electrons. The van der Waals surface area contributed by atoms with Gasteiger partial charge in [-0.05, 0) is 39.0 Å². The SMILES string of the molecule is COC(=O)[C@@H](COc1cccc(Cl)c1)NC(=O)OC(C)(C)C. The Morgan fingerprint density at radius 1 is 1.32 bits per heavy atom. The van der Waals surface area contributed by atoms with Crippen molar-refractivity contribution in [1.82, 2.24) is 5.32 Å². The van der Waals surface area contributed by atoms with E-state index in [4.69, 9.17) is 21.1 Å². The Hall–Kier alpha value is -1.95. The van der Waals surface area contributed by atoms with Crippen LogP contribution in [0, 0.1) is 0 Å². The highest BCUT2D eigenvalue weighted by Crippen LogP contribution is 2.17. The predicted molar refractivity (Wildman–Crippen MR) is 82.1 cm³/mol. The number of amides is 1. The van der Waals surface area contributed by atoms with Crippen LogP contribution in [0.4, 0.5) is 4.79 Å². The first kappa shape index (κ1) is 18.1. The van der Waals surface area contributed by atoms with Gasteiger partial charge in [0.05, 0.1) is 7.11 Å². The number of esters is 1. The Morgan fingerprint density at radius 2 is 2.00 bits per heavy atom. The Morgan fingerprint density at radius 3 is 2.55 bits per heavy atom. The molecule has 1 aromatic carbocycles. The first-order valence-electron chi connectivity index (χ1n) is 6.67. The molecule has 7 heteroatoms. The van der Waals surface area contributed by atoms with Gasteiger partial charge in [0.1, 0.15) is 18.0 Å². The van der Waals surface area contributed by atoms with Crippen LogP contribution in [0.1, 0.15) is 20.8 Å². The second-order valence-electron chi connectivity index (χ2n) is 5.49. The lowest BCUT2D eigenvalue weighted by atomic mass is 10.2. The van der Waals surface area contributed by atoms with Gasteiger partial charge in [-0.1, -0.05) is 17.7 Å². The van der Waals surface area contributed by atoms with Gasteiger partial charge >= 0.3 is 12.1 Å². The number of alkyl carbamates (subject to hydrolysis) is 1. The molecule has 1 aromatic rings. The molecule has 1 rings (SSSR count). The number of carbonyl (C=O) groups excluding carboxylic acids is 2. The summed E-state index contributed by atoms with van der Waals surface area (Å²) in [5, 5.41) is 2.92. The predicted octanol–water partition coefficient (Wildman–Crippen LogP) is 2.79. The number of halogens is 1. The number of methoxy groups -OCH3 is 1. The van der Waals surface area contributed by atoms with Crippen LogP contribution in [0.3, 0.4) is 0 Å². The lowest BCUT2D eigenvalue weighted by Crippen LogP contribution is -2.47. The summed E-state index contributed by atoms with van der Waals surface area (Å²) in [6, 6.07) is 5.72. The van der Waals surface area contributed by atoms with Crippen molar-refractivity contribution in [2.45, 2.75) is 32.4 Å². The average molecular weight is 330 g/mol. The maximum atomic E-state index is 11.7. The molecule has 1 atom stereocenters. The Balaban J connectivity index is 2.65. The molecule has 0 saturated carbocycles. The summed E-state index contributed by atoms with van der Waals surface area (Å²) in [5.74, 6) is -0.153. The first-order valence-corrected chi connectivity index (χ1v) is 7.05. The van der Waals surface area contributed by atoms with E-state index in [0.29, 0.717) is 10.8 Å². The fraction of sp³-hybridized carbons (Fsp3) is 0.467. The molecule has 0 radical (unpaired) electrons. The lowest BCUT2D eigenvalue weighted by molar-refractivity contribution is -0.143. The number of hydrogen-bond donors (Lipinski definition) is 1. The topological polar surface area (TPSA) is 73.9 Å². The number of carbonyl (C=O) groups is 2. The molecule has 0 aliphatic carbocycles. The minimum absolute atomic E-state index is 0.105. The minimum Gasteiger partial charge on any atom is -0.491 e. The van der Waals surface area contributed by atoms with E-state index in [9.17, 15) is 9.59 Å². The minimum atomic E-state index is -0.987. The van der Waals surface area contributed by atoms with Crippen molar-refractivity contribution in [1.29, 1.82) is 0 Å². The van der Waals surface area contributed by atoms with E-state index in [1.165, 1.54) is 7.11 Å². The van der Waals surface area contributed by atoms with E-state index in [0.717, 1.165) is 0 Å². The highest BCUT2D eigenvalue weighted by molar-refractivity contribution is 6.30. The average Bonchev–Trinajstić information content (AvgIpc) is 2.40. The van der Waals surface area contributed by atoms with E-state index in [1.54, 1.807) is 45.0 Å². The second-order valence-corrected chi connectivity index (χ2v) is 5.93. The third-order valence-electron chi connectivity index (χ3n) is 2.39. The zero-order valence-corrected chi connectivity index (χ0v) is 13.8. The molecule has 1 N–H and O–H groups in total. The monoisotopic (exact) mass is 329 g/mol. The Bertz CT molecular complexity index is 527. The molecule has 0 aliphatic heterocycles. The third-order valence-corrected chi connectivity index (χ3v) is 2.62. The summed E-state index contributed by atoms with van der Waals surface area (Å²) in [6.45, 7) is 5.07. The van der Waals surface area contributed by atoms with E-state index >= 15 is 0 Å². The van der Waals surface area contributed by atoms with Crippen LogP contribution in [0.15, 0.2) is 24.3 Å². The van der Waals surface area contributed by atoms with Gasteiger partial charge in [-0.3, -0.25) is 0 Å². The van der Waals surface area contributed by atoms with Gasteiger partial charge < -0.3 is 19.5 Å². The zero-order valence-electron chi connectivity index (χ0n) is 13.0. The first-order chi connectivity index (χ1) is 10.2. The van der Waals surface area contributed by atoms with Gasteiger partial charge in [0.25, 0.3) is 0 Å². The number of ether oxygens (including phenoxy) is 3. The smallest absolute Gasteiger partial charge is 0.408 e. The molecule has 0 fully saturated rings. The van der Waals surface area contributed by atoms with Crippen LogP contribution < -0.4 is 10.1 Å². The van der Waals surface area contributed by atoms with Gasteiger partial charge in [0.2, 0.25) is 0 Å². The molecule has 0 bridgehead atoms. The highest BCUT2D eigenvalue weighted by Gasteiger charge is 2.25. The van der Waals surface area contributed by atoms with Crippen molar-refractivity contribution in [3.8, 4) is 5.75 Å². The van der Waals surface area contributed by atoms with Gasteiger partial charge in [0.15, 0.2) is 6.04 Å². The van der Waals surface area contributed by atoms with Gasteiger partial charge in [-0.2, -0.15) is 0 Å². The van der Waals surface area contributed by atoms with Gasteiger partial charge in [-0.15, -0.1) is 0 Å². The van der Waals surface area contributed by atoms with Crippen molar-refractivity contribution in [3.63, 3.8) is 0 Å². The summed E-state index contributed by atoms with van der Waals surface area (Å²) >= 11 is 5.85. The highest BCUT2D eigenvalue weighted by atomic mass is 35.5. The number of rotatable bonds is 5. The fourth-order valence-electron chi connectivity index (χ4n) is 1.50. The molecule has 6 nitrogen and oxygen atoms in total. The molecular formula is C15H20ClNO5. The van der Waals surface area contributed by atoms with E-state index < -0.39 is 23.7 Å². The molecule has 0 aliphatic rings. The van der Waals surface area contributed by atoms with Gasteiger partial charge in [0, 0.05) is 5.02 Å². The van der Waals surface area contributed by atoms with E-state index in [1.807, 2.05) is 0 Å². The summed E-state index contributed by atoms with van der Waals surface area (Å²) in [5.41, 5.74) is -0.668. The normalized spacial score (nSPS) is 12.2. The molecule has 22 heavy (non-hydrogen) atoms. The van der Waals surface area contributed by atoms with E-state index in [-0.39, 0.29) is 6.61 Å². The molecular weight excluding hydrogens is 310 g/mol. The standard InChI is InChI=1S/C15H20ClNO5/c1-15(2,3)22-14(19)17-12(13(18)20-4)9-21-11-7-5-6-10(16)8-11/h5-8,12H,9H2,1-4H3,(H,17,19)/t12-/m1/s1. The number of nitrogens with one attached hydrogen (secondary N) is 1. The van der Waals surface area contributed by atoms with Crippen LogP contribution in [0.25, 0.3) is 0 Å². The number of hydrogen-bond acceptors (Lipinski definition) is 5. The van der Waals surface area contributed by atoms with Crippen LogP contribution in [0.2, 0.25) is 5.02 Å². The maximum absolute atomic E-state index is 11.7. The van der Waals surface area contributed by atoms with Crippen molar-refractivity contribution < 1.29 is 23.8 Å². The van der Waals surface area contributed by atoms with Crippen molar-refractivity contribution in [2.24, 2.45) is 0 Å². The third kappa shape index (κ3) is 6.67. The van der Waals surface area contributed by atoms with Crippen molar-refractivity contribution >= 4 is 23.7 Å². The maximum Gasteiger partial charge on any atom is 0.408 e. The van der Waals surface area contributed by atoms with Crippen LogP contribution in [0.5, 0.6) is 5.75 Å². The Kier molecular flexibility index (Phi) is 6.49. The molecule has 0 aromatic heterocycles. The summed E-state index contributed by atoms with van der Waals surface area (Å²) < 4.78 is 15.2. The molecule has 0 unspecified atom stereocenters. The van der Waals surface area contributed by atoms with Crippen molar-refractivity contribution in [3.05, 3.63) is 29.3 Å². The fourth-order valence-corrected chi connectivity index (χ4v) is 1.68. The molecule has 0 spiro atoms. The van der Waals surface area contributed by atoms with E-state index in [2.05, 4.69) is 10.1 Å². The van der Waals surface area contributed by atoms with Crippen molar-refractivity contribution in [2.75, 3.05) is 13.7 Å². The summed E-state index contributed by atoms with van der Waals surface area (Å²) in [4.78, 5) is 23.4. The molecule has 0 saturated heterocycles. The van der Waals surface area contributed by atoms with Gasteiger partial charge in [-0.25, -0.2) is 9.59 Å². The van der Waals surface area contributed by atoms with Crippen LogP contribution in [-0.4, -0.2) is 37.4 Å². The second kappa shape index (κ2) is 7.89. The summed E-state index contributed by atoms with van der Waals surface area (Å²) in [7, 11) is 1.23. The molecule has 0 heterocycles. The molecule has 1 amide bonds. The largest absolute Gasteiger partial charge is 0.491 e. The quantitative estimate of drug-likeness (QED) is 0.841. The zero-order chi connectivity index (χ0) is 16.8.